The average Bonchev–Trinajstić information content (AvgIpc) is 2.04. The van der Waals surface area contributed by atoms with Crippen molar-refractivity contribution >= 4 is 5.78 Å². The number of ketones is 1. The molecule has 1 aliphatic heterocycles. The van der Waals surface area contributed by atoms with Gasteiger partial charge in [-0.3, -0.25) is 9.59 Å². The van der Waals surface area contributed by atoms with E-state index < -0.39 is 0 Å². The standard InChI is InChI=1S/C7H7N3O2/c11-5-2-8-1-4-6(5)7(12)10-3-9-4/h3,8H,1-2H2,(H,9,10,12). The smallest absolute Gasteiger partial charge is 0.261 e. The summed E-state index contributed by atoms with van der Waals surface area (Å²) < 4.78 is 0. The van der Waals surface area contributed by atoms with E-state index in [9.17, 15) is 9.59 Å². The Morgan fingerprint density at radius 2 is 2.17 bits per heavy atom. The fraction of sp³-hybridized carbons (Fsp3) is 0.286. The fourth-order valence-corrected chi connectivity index (χ4v) is 1.24. The molecule has 0 atom stereocenters. The molecule has 1 aliphatic rings. The molecule has 1 aromatic rings. The lowest BCUT2D eigenvalue weighted by Crippen LogP contribution is -2.36. The Bertz CT molecular complexity index is 382. The van der Waals surface area contributed by atoms with Crippen molar-refractivity contribution < 1.29 is 4.79 Å². The number of Topliss-reactive ketones (excluding diaryl/α,β-unsaturated/α-hetero) is 1. The molecule has 1 aromatic heterocycles. The van der Waals surface area contributed by atoms with E-state index in [4.69, 9.17) is 0 Å². The second kappa shape index (κ2) is 2.53. The lowest BCUT2D eigenvalue weighted by atomic mass is 10.1. The van der Waals surface area contributed by atoms with Gasteiger partial charge in [-0.15, -0.1) is 0 Å². The van der Waals surface area contributed by atoms with Gasteiger partial charge in [0.25, 0.3) is 5.56 Å². The number of H-pyrrole nitrogens is 1. The van der Waals surface area contributed by atoms with Crippen molar-refractivity contribution in [2.24, 2.45) is 0 Å². The first-order chi connectivity index (χ1) is 5.79. The molecule has 0 bridgehead atoms. The molecule has 5 nitrogen and oxygen atoms in total. The zero-order valence-corrected chi connectivity index (χ0v) is 6.26. The van der Waals surface area contributed by atoms with Gasteiger partial charge in [-0.1, -0.05) is 0 Å². The first-order valence-corrected chi connectivity index (χ1v) is 3.59. The zero-order chi connectivity index (χ0) is 8.55. The maximum atomic E-state index is 11.2. The van der Waals surface area contributed by atoms with Crippen LogP contribution in [-0.4, -0.2) is 22.3 Å². The van der Waals surface area contributed by atoms with Crippen molar-refractivity contribution in [3.05, 3.63) is 27.9 Å². The Balaban J connectivity index is 2.69. The SMILES string of the molecule is O=C1CNCc2nc[nH]c(=O)c21. The van der Waals surface area contributed by atoms with Crippen LogP contribution in [0.25, 0.3) is 0 Å². The summed E-state index contributed by atoms with van der Waals surface area (Å²) in [6, 6.07) is 0. The highest BCUT2D eigenvalue weighted by Gasteiger charge is 2.20. The summed E-state index contributed by atoms with van der Waals surface area (Å²) in [6.07, 6.45) is 1.31. The maximum absolute atomic E-state index is 11.2. The summed E-state index contributed by atoms with van der Waals surface area (Å²) in [5, 5.41) is 2.85. The highest BCUT2D eigenvalue weighted by atomic mass is 16.1. The molecule has 0 saturated heterocycles. The lowest BCUT2D eigenvalue weighted by molar-refractivity contribution is 0.0979. The van der Waals surface area contributed by atoms with Crippen LogP contribution >= 0.6 is 0 Å². The molecule has 0 amide bonds. The Hall–Kier alpha value is -1.49. The molecule has 12 heavy (non-hydrogen) atoms. The van der Waals surface area contributed by atoms with Crippen LogP contribution in [0.4, 0.5) is 0 Å². The van der Waals surface area contributed by atoms with Gasteiger partial charge in [0.15, 0.2) is 5.78 Å². The second-order valence-electron chi connectivity index (χ2n) is 2.58. The van der Waals surface area contributed by atoms with Crippen LogP contribution < -0.4 is 10.9 Å². The van der Waals surface area contributed by atoms with Crippen LogP contribution in [0.2, 0.25) is 0 Å². The van der Waals surface area contributed by atoms with E-state index in [2.05, 4.69) is 15.3 Å². The average molecular weight is 165 g/mol. The summed E-state index contributed by atoms with van der Waals surface area (Å²) in [6.45, 7) is 0.715. The van der Waals surface area contributed by atoms with E-state index in [1.54, 1.807) is 0 Å². The van der Waals surface area contributed by atoms with Crippen LogP contribution in [0.5, 0.6) is 0 Å². The predicted molar refractivity (Wildman–Crippen MR) is 40.9 cm³/mol. The van der Waals surface area contributed by atoms with E-state index in [1.807, 2.05) is 0 Å². The van der Waals surface area contributed by atoms with Crippen LogP contribution in [0.3, 0.4) is 0 Å². The third-order valence-electron chi connectivity index (χ3n) is 1.79. The van der Waals surface area contributed by atoms with Crippen LogP contribution in [0.15, 0.2) is 11.1 Å². The summed E-state index contributed by atoms with van der Waals surface area (Å²) in [5.41, 5.74) is 0.401. The summed E-state index contributed by atoms with van der Waals surface area (Å²) >= 11 is 0. The molecule has 5 heteroatoms. The van der Waals surface area contributed by atoms with Gasteiger partial charge in [0.2, 0.25) is 0 Å². The molecule has 0 unspecified atom stereocenters. The number of carbonyl (C=O) groups is 1. The van der Waals surface area contributed by atoms with Gasteiger partial charge in [0, 0.05) is 6.54 Å². The van der Waals surface area contributed by atoms with E-state index in [1.165, 1.54) is 6.33 Å². The van der Waals surface area contributed by atoms with Gasteiger partial charge < -0.3 is 10.3 Å². The molecule has 0 spiro atoms. The Labute approximate surface area is 67.8 Å². The Morgan fingerprint density at radius 1 is 1.33 bits per heavy atom. The molecule has 2 rings (SSSR count). The molecule has 0 saturated carbocycles. The summed E-state index contributed by atoms with van der Waals surface area (Å²) in [7, 11) is 0. The fourth-order valence-electron chi connectivity index (χ4n) is 1.24. The molecule has 2 N–H and O–H groups in total. The van der Waals surface area contributed by atoms with Crippen molar-refractivity contribution in [2.75, 3.05) is 6.54 Å². The third kappa shape index (κ3) is 0.947. The molecule has 0 aliphatic carbocycles. The summed E-state index contributed by atoms with van der Waals surface area (Å²) in [4.78, 5) is 28.6. The van der Waals surface area contributed by atoms with Crippen LogP contribution in [0, 0.1) is 0 Å². The predicted octanol–water partition coefficient (Wildman–Crippen LogP) is -0.944. The van der Waals surface area contributed by atoms with Gasteiger partial charge in [-0.05, 0) is 0 Å². The molecule has 0 fully saturated rings. The number of aromatic nitrogens is 2. The van der Waals surface area contributed by atoms with Crippen LogP contribution in [-0.2, 0) is 6.54 Å². The van der Waals surface area contributed by atoms with Crippen molar-refractivity contribution in [2.45, 2.75) is 6.54 Å². The lowest BCUT2D eigenvalue weighted by Gasteiger charge is -2.12. The molecule has 2 heterocycles. The number of rotatable bonds is 0. The Morgan fingerprint density at radius 3 is 2.92 bits per heavy atom. The molecule has 0 aromatic carbocycles. The highest BCUT2D eigenvalue weighted by molar-refractivity contribution is 5.99. The number of nitrogens with zero attached hydrogens (tertiary/aromatic N) is 1. The monoisotopic (exact) mass is 165 g/mol. The van der Waals surface area contributed by atoms with Crippen molar-refractivity contribution in [3.63, 3.8) is 0 Å². The highest BCUT2D eigenvalue weighted by Crippen LogP contribution is 2.03. The molecule has 62 valence electrons. The molecule has 0 radical (unpaired) electrons. The second-order valence-corrected chi connectivity index (χ2v) is 2.58. The first-order valence-electron chi connectivity index (χ1n) is 3.59. The van der Waals surface area contributed by atoms with Gasteiger partial charge in [-0.25, -0.2) is 4.98 Å². The number of aromatic amines is 1. The minimum absolute atomic E-state index is 0.189. The number of fused-ring (bicyclic) bond motifs is 1. The first kappa shape index (κ1) is 7.17. The minimum atomic E-state index is -0.341. The van der Waals surface area contributed by atoms with Gasteiger partial charge in [0.1, 0.15) is 5.56 Å². The van der Waals surface area contributed by atoms with Crippen LogP contribution in [0.1, 0.15) is 16.1 Å². The minimum Gasteiger partial charge on any atom is -0.313 e. The Kier molecular flexibility index (Phi) is 1.51. The summed E-state index contributed by atoms with van der Waals surface area (Å²) in [5.74, 6) is -0.189. The van der Waals surface area contributed by atoms with Gasteiger partial charge in [-0.2, -0.15) is 0 Å². The molecular formula is C7H7N3O2. The molecular weight excluding hydrogens is 158 g/mol. The van der Waals surface area contributed by atoms with E-state index >= 15 is 0 Å². The van der Waals surface area contributed by atoms with E-state index in [0.29, 0.717) is 12.2 Å². The van der Waals surface area contributed by atoms with E-state index in [0.717, 1.165) is 0 Å². The quantitative estimate of drug-likeness (QED) is 0.520. The number of hydrogen-bond acceptors (Lipinski definition) is 4. The number of carbonyl (C=O) groups excluding carboxylic acids is 1. The normalized spacial score (nSPS) is 15.8. The third-order valence-corrected chi connectivity index (χ3v) is 1.79. The maximum Gasteiger partial charge on any atom is 0.261 e. The number of nitrogens with one attached hydrogen (secondary N) is 2. The van der Waals surface area contributed by atoms with Gasteiger partial charge >= 0.3 is 0 Å². The van der Waals surface area contributed by atoms with Crippen molar-refractivity contribution in [3.8, 4) is 0 Å². The zero-order valence-electron chi connectivity index (χ0n) is 6.26. The largest absolute Gasteiger partial charge is 0.313 e. The van der Waals surface area contributed by atoms with E-state index in [-0.39, 0.29) is 23.5 Å². The topological polar surface area (TPSA) is 74.8 Å². The van der Waals surface area contributed by atoms with Gasteiger partial charge in [0.05, 0.1) is 18.6 Å². The van der Waals surface area contributed by atoms with Crippen molar-refractivity contribution in [1.29, 1.82) is 0 Å². The van der Waals surface area contributed by atoms with Crippen molar-refractivity contribution in [1.82, 2.24) is 15.3 Å². The number of hydrogen-bond donors (Lipinski definition) is 2.